The van der Waals surface area contributed by atoms with Crippen LogP contribution in [0.15, 0.2) is 89.4 Å². The Balaban J connectivity index is 1.50. The van der Waals surface area contributed by atoms with Gasteiger partial charge in [0.25, 0.3) is 0 Å². The summed E-state index contributed by atoms with van der Waals surface area (Å²) in [4.78, 5) is 17.8. The summed E-state index contributed by atoms with van der Waals surface area (Å²) < 4.78 is 1.09. The first-order valence-corrected chi connectivity index (χ1v) is 11.8. The Morgan fingerprint density at radius 3 is 1.84 bits per heavy atom. The van der Waals surface area contributed by atoms with Gasteiger partial charge in [-0.1, -0.05) is 95.7 Å². The first kappa shape index (κ1) is 21.8. The monoisotopic (exact) mass is 476 g/mol. The standard InChI is InChI=1S/C27H29BrN2O/c1-2-25(21-9-5-3-6-10-21)27(31)30-19-17-29(18-20-30)26(22-11-7-4-8-12-22)23-13-15-24(28)16-14-23/h3-16,25-26H,2,17-20H2,1H3/t25-,26+/m1/s1. The topological polar surface area (TPSA) is 23.6 Å². The number of carbonyl (C=O) groups is 1. The van der Waals surface area contributed by atoms with Gasteiger partial charge in [0.2, 0.25) is 5.91 Å². The largest absolute Gasteiger partial charge is 0.340 e. The molecule has 3 aromatic carbocycles. The Bertz CT molecular complexity index is 967. The molecular formula is C27H29BrN2O. The second-order valence-corrected chi connectivity index (χ2v) is 9.01. The van der Waals surface area contributed by atoms with E-state index in [-0.39, 0.29) is 17.9 Å². The maximum atomic E-state index is 13.3. The number of carbonyl (C=O) groups excluding carboxylic acids is 1. The normalized spacial score (nSPS) is 16.6. The Kier molecular flexibility index (Phi) is 7.21. The van der Waals surface area contributed by atoms with E-state index in [9.17, 15) is 4.79 Å². The van der Waals surface area contributed by atoms with Crippen molar-refractivity contribution in [1.82, 2.24) is 9.80 Å². The molecule has 0 aliphatic carbocycles. The van der Waals surface area contributed by atoms with Gasteiger partial charge in [-0.2, -0.15) is 0 Å². The van der Waals surface area contributed by atoms with Crippen LogP contribution >= 0.6 is 15.9 Å². The zero-order chi connectivity index (χ0) is 21.6. The maximum Gasteiger partial charge on any atom is 0.230 e. The van der Waals surface area contributed by atoms with Gasteiger partial charge in [0.15, 0.2) is 0 Å². The van der Waals surface area contributed by atoms with Gasteiger partial charge in [-0.15, -0.1) is 0 Å². The van der Waals surface area contributed by atoms with E-state index in [2.05, 4.69) is 99.4 Å². The van der Waals surface area contributed by atoms with Crippen molar-refractivity contribution in [3.05, 3.63) is 106 Å². The van der Waals surface area contributed by atoms with Crippen LogP contribution in [0.25, 0.3) is 0 Å². The molecule has 160 valence electrons. The molecule has 3 nitrogen and oxygen atoms in total. The molecule has 4 heteroatoms. The van der Waals surface area contributed by atoms with Crippen molar-refractivity contribution < 1.29 is 4.79 Å². The predicted molar refractivity (Wildman–Crippen MR) is 130 cm³/mol. The van der Waals surface area contributed by atoms with Crippen molar-refractivity contribution in [2.45, 2.75) is 25.3 Å². The number of piperazine rings is 1. The SMILES string of the molecule is CC[C@@H](C(=O)N1CCN([C@@H](c2ccccc2)c2ccc(Br)cc2)CC1)c1ccccc1. The molecule has 0 aromatic heterocycles. The average molecular weight is 477 g/mol. The van der Waals surface area contributed by atoms with Crippen LogP contribution in [0.5, 0.6) is 0 Å². The minimum Gasteiger partial charge on any atom is -0.340 e. The zero-order valence-electron chi connectivity index (χ0n) is 18.0. The number of rotatable bonds is 6. The maximum absolute atomic E-state index is 13.3. The van der Waals surface area contributed by atoms with Gasteiger partial charge in [0, 0.05) is 30.7 Å². The molecule has 1 aliphatic rings. The highest BCUT2D eigenvalue weighted by molar-refractivity contribution is 9.10. The third kappa shape index (κ3) is 5.08. The highest BCUT2D eigenvalue weighted by atomic mass is 79.9. The molecule has 0 saturated carbocycles. The van der Waals surface area contributed by atoms with Gasteiger partial charge in [0.05, 0.1) is 12.0 Å². The second kappa shape index (κ2) is 10.3. The summed E-state index contributed by atoms with van der Waals surface area (Å²) in [7, 11) is 0. The lowest BCUT2D eigenvalue weighted by atomic mass is 9.94. The van der Waals surface area contributed by atoms with Gasteiger partial charge in [-0.05, 0) is 35.2 Å². The lowest BCUT2D eigenvalue weighted by molar-refractivity contribution is -0.134. The van der Waals surface area contributed by atoms with E-state index in [0.717, 1.165) is 42.6 Å². The molecule has 1 fully saturated rings. The first-order chi connectivity index (χ1) is 15.2. The van der Waals surface area contributed by atoms with E-state index in [1.54, 1.807) is 0 Å². The van der Waals surface area contributed by atoms with Crippen molar-refractivity contribution in [2.24, 2.45) is 0 Å². The van der Waals surface area contributed by atoms with E-state index in [1.807, 2.05) is 18.2 Å². The molecule has 3 aromatic rings. The predicted octanol–water partition coefficient (Wildman–Crippen LogP) is 5.88. The number of amides is 1. The Morgan fingerprint density at radius 1 is 0.774 bits per heavy atom. The quantitative estimate of drug-likeness (QED) is 0.443. The van der Waals surface area contributed by atoms with Crippen LogP contribution in [0, 0.1) is 0 Å². The van der Waals surface area contributed by atoms with Crippen LogP contribution in [-0.4, -0.2) is 41.9 Å². The van der Waals surface area contributed by atoms with Crippen LogP contribution < -0.4 is 0 Å². The van der Waals surface area contributed by atoms with Crippen molar-refractivity contribution in [2.75, 3.05) is 26.2 Å². The van der Waals surface area contributed by atoms with Crippen LogP contribution in [-0.2, 0) is 4.79 Å². The molecule has 1 heterocycles. The first-order valence-electron chi connectivity index (χ1n) is 11.1. The summed E-state index contributed by atoms with van der Waals surface area (Å²) in [5, 5.41) is 0. The van der Waals surface area contributed by atoms with E-state index in [1.165, 1.54) is 11.1 Å². The number of halogens is 1. The molecule has 1 saturated heterocycles. The molecular weight excluding hydrogens is 448 g/mol. The fourth-order valence-electron chi connectivity index (χ4n) is 4.55. The van der Waals surface area contributed by atoms with E-state index < -0.39 is 0 Å². The molecule has 0 N–H and O–H groups in total. The second-order valence-electron chi connectivity index (χ2n) is 8.10. The van der Waals surface area contributed by atoms with Gasteiger partial charge in [0.1, 0.15) is 0 Å². The fraction of sp³-hybridized carbons (Fsp3) is 0.296. The highest BCUT2D eigenvalue weighted by Gasteiger charge is 2.31. The van der Waals surface area contributed by atoms with Gasteiger partial charge in [-0.3, -0.25) is 9.69 Å². The molecule has 1 aliphatic heterocycles. The molecule has 4 rings (SSSR count). The molecule has 0 spiro atoms. The summed E-state index contributed by atoms with van der Waals surface area (Å²) in [5.41, 5.74) is 3.69. The summed E-state index contributed by atoms with van der Waals surface area (Å²) in [6.07, 6.45) is 0.828. The smallest absolute Gasteiger partial charge is 0.230 e. The molecule has 0 bridgehead atoms. The Morgan fingerprint density at radius 2 is 1.29 bits per heavy atom. The Labute approximate surface area is 193 Å². The molecule has 1 amide bonds. The summed E-state index contributed by atoms with van der Waals surface area (Å²) >= 11 is 3.55. The molecule has 0 unspecified atom stereocenters. The number of nitrogens with zero attached hydrogens (tertiary/aromatic N) is 2. The summed E-state index contributed by atoms with van der Waals surface area (Å²) in [6, 6.07) is 29.7. The third-order valence-electron chi connectivity index (χ3n) is 6.20. The van der Waals surface area contributed by atoms with Gasteiger partial charge >= 0.3 is 0 Å². The van der Waals surface area contributed by atoms with E-state index in [0.29, 0.717) is 0 Å². The van der Waals surface area contributed by atoms with Crippen LogP contribution in [0.2, 0.25) is 0 Å². The lowest BCUT2D eigenvalue weighted by Crippen LogP contribution is -2.51. The minimum absolute atomic E-state index is 0.0517. The highest BCUT2D eigenvalue weighted by Crippen LogP contribution is 2.31. The van der Waals surface area contributed by atoms with Crippen molar-refractivity contribution in [3.8, 4) is 0 Å². The van der Waals surface area contributed by atoms with Gasteiger partial charge < -0.3 is 4.90 Å². The van der Waals surface area contributed by atoms with Crippen molar-refractivity contribution in [1.29, 1.82) is 0 Å². The molecule has 2 atom stereocenters. The van der Waals surface area contributed by atoms with Crippen molar-refractivity contribution in [3.63, 3.8) is 0 Å². The van der Waals surface area contributed by atoms with Crippen LogP contribution in [0.3, 0.4) is 0 Å². The number of hydrogen-bond acceptors (Lipinski definition) is 2. The molecule has 0 radical (unpaired) electrons. The lowest BCUT2D eigenvalue weighted by Gasteiger charge is -2.40. The van der Waals surface area contributed by atoms with Crippen LogP contribution in [0.1, 0.15) is 42.0 Å². The van der Waals surface area contributed by atoms with E-state index >= 15 is 0 Å². The third-order valence-corrected chi connectivity index (χ3v) is 6.73. The average Bonchev–Trinajstić information content (AvgIpc) is 2.83. The summed E-state index contributed by atoms with van der Waals surface area (Å²) in [5.74, 6) is 0.206. The summed E-state index contributed by atoms with van der Waals surface area (Å²) in [6.45, 7) is 5.37. The van der Waals surface area contributed by atoms with E-state index in [4.69, 9.17) is 0 Å². The van der Waals surface area contributed by atoms with Crippen molar-refractivity contribution >= 4 is 21.8 Å². The zero-order valence-corrected chi connectivity index (χ0v) is 19.5. The minimum atomic E-state index is -0.0517. The van der Waals surface area contributed by atoms with Gasteiger partial charge in [-0.25, -0.2) is 0 Å². The molecule has 31 heavy (non-hydrogen) atoms. The fourth-order valence-corrected chi connectivity index (χ4v) is 4.82. The number of benzene rings is 3. The number of hydrogen-bond donors (Lipinski definition) is 0. The Hall–Kier alpha value is -2.43. The van der Waals surface area contributed by atoms with Crippen LogP contribution in [0.4, 0.5) is 0 Å².